The van der Waals surface area contributed by atoms with Crippen molar-refractivity contribution in [3.63, 3.8) is 0 Å². The number of hydrogen-bond donors (Lipinski definition) is 5. The Hall–Kier alpha value is -4.87. The number of nitrogen functional groups attached to an aromatic ring is 1. The Bertz CT molecular complexity index is 1470. The smallest absolute Gasteiger partial charge is 0.316 e. The number of ether oxygens (including phenoxy) is 1. The third-order valence-electron chi connectivity index (χ3n) is 5.68. The van der Waals surface area contributed by atoms with Crippen molar-refractivity contribution in [2.75, 3.05) is 11.1 Å². The Morgan fingerprint density at radius 3 is 2.42 bits per heavy atom. The zero-order chi connectivity index (χ0) is 29.6. The zero-order valence-electron chi connectivity index (χ0n) is 23.2. The Balaban J connectivity index is 1.92. The standard InChI is InChI=1S/C28H35N7O5/c1-16(2)33-25-26(37)35(15-23(36)31-13-17-6-8-18(9-7-17)24(30)34-39)22(14-32-25)19-10-20(29)12-21(11-19)40-27(38)28(3,4)5/h6-12,14,16,39H,13,15,29H2,1-5H3,(H2,30,34)(H,31,36)(H,32,33). The number of rotatable bonds is 9. The number of amides is 1. The minimum absolute atomic E-state index is 0.0242. The molecule has 2 aromatic carbocycles. The van der Waals surface area contributed by atoms with Gasteiger partial charge < -0.3 is 32.0 Å². The summed E-state index contributed by atoms with van der Waals surface area (Å²) in [5.74, 6) is -0.598. The second-order valence-electron chi connectivity index (χ2n) is 10.6. The Morgan fingerprint density at radius 1 is 1.15 bits per heavy atom. The van der Waals surface area contributed by atoms with Crippen LogP contribution in [-0.4, -0.2) is 38.5 Å². The van der Waals surface area contributed by atoms with E-state index in [4.69, 9.17) is 21.4 Å². The Morgan fingerprint density at radius 2 is 1.82 bits per heavy atom. The van der Waals surface area contributed by atoms with Gasteiger partial charge in [-0.15, -0.1) is 0 Å². The number of anilines is 2. The van der Waals surface area contributed by atoms with E-state index in [0.717, 1.165) is 5.56 Å². The fourth-order valence-electron chi connectivity index (χ4n) is 3.59. The number of oxime groups is 1. The number of carbonyl (C=O) groups excluding carboxylic acids is 2. The first-order chi connectivity index (χ1) is 18.8. The van der Waals surface area contributed by atoms with E-state index in [2.05, 4.69) is 20.8 Å². The summed E-state index contributed by atoms with van der Waals surface area (Å²) in [7, 11) is 0. The molecule has 12 nitrogen and oxygen atoms in total. The largest absolute Gasteiger partial charge is 0.426 e. The van der Waals surface area contributed by atoms with Crippen LogP contribution in [0.2, 0.25) is 0 Å². The molecule has 0 atom stereocenters. The first-order valence-electron chi connectivity index (χ1n) is 12.6. The van der Waals surface area contributed by atoms with E-state index in [9.17, 15) is 14.4 Å². The van der Waals surface area contributed by atoms with E-state index >= 15 is 0 Å². The molecule has 0 radical (unpaired) electrons. The zero-order valence-corrected chi connectivity index (χ0v) is 23.2. The number of amidine groups is 1. The van der Waals surface area contributed by atoms with Gasteiger partial charge in [0.1, 0.15) is 12.3 Å². The molecule has 1 heterocycles. The second kappa shape index (κ2) is 12.3. The molecule has 0 aliphatic carbocycles. The van der Waals surface area contributed by atoms with Crippen molar-refractivity contribution in [2.45, 2.75) is 53.8 Å². The number of aromatic nitrogens is 2. The number of hydrogen-bond acceptors (Lipinski definition) is 9. The fourth-order valence-corrected chi connectivity index (χ4v) is 3.59. The molecule has 0 saturated carbocycles. The van der Waals surface area contributed by atoms with Crippen LogP contribution in [0.1, 0.15) is 45.7 Å². The topological polar surface area (TPSA) is 187 Å². The normalized spacial score (nSPS) is 11.8. The Labute approximate surface area is 232 Å². The molecule has 0 saturated heterocycles. The van der Waals surface area contributed by atoms with Gasteiger partial charge in [0.25, 0.3) is 5.56 Å². The average molecular weight is 550 g/mol. The predicted octanol–water partition coefficient (Wildman–Crippen LogP) is 2.68. The highest BCUT2D eigenvalue weighted by Gasteiger charge is 2.24. The quantitative estimate of drug-likeness (QED) is 0.0508. The van der Waals surface area contributed by atoms with Gasteiger partial charge in [0.2, 0.25) is 5.91 Å². The van der Waals surface area contributed by atoms with Crippen molar-refractivity contribution in [3.8, 4) is 17.0 Å². The van der Waals surface area contributed by atoms with Crippen LogP contribution in [0.4, 0.5) is 11.5 Å². The van der Waals surface area contributed by atoms with Gasteiger partial charge >= 0.3 is 5.97 Å². The van der Waals surface area contributed by atoms with E-state index in [1.807, 2.05) is 13.8 Å². The highest BCUT2D eigenvalue weighted by Crippen LogP contribution is 2.28. The molecule has 12 heteroatoms. The molecule has 3 aromatic rings. The molecule has 0 aliphatic heterocycles. The van der Waals surface area contributed by atoms with Crippen LogP contribution in [0.15, 0.2) is 58.6 Å². The molecule has 1 amide bonds. The highest BCUT2D eigenvalue weighted by molar-refractivity contribution is 5.97. The molecule has 212 valence electrons. The SMILES string of the molecule is CC(C)Nc1ncc(-c2cc(N)cc(OC(=O)C(C)(C)C)c2)n(CC(=O)NCc2ccc(/C(N)=N/O)cc2)c1=O. The van der Waals surface area contributed by atoms with Gasteiger partial charge in [-0.1, -0.05) is 29.4 Å². The van der Waals surface area contributed by atoms with Gasteiger partial charge in [-0.05, 0) is 52.3 Å². The van der Waals surface area contributed by atoms with E-state index in [0.29, 0.717) is 22.5 Å². The van der Waals surface area contributed by atoms with Crippen LogP contribution in [-0.2, 0) is 22.7 Å². The third kappa shape index (κ3) is 7.59. The maximum absolute atomic E-state index is 13.4. The first-order valence-corrected chi connectivity index (χ1v) is 12.6. The highest BCUT2D eigenvalue weighted by atomic mass is 16.5. The fraction of sp³-hybridized carbons (Fsp3) is 0.321. The van der Waals surface area contributed by atoms with E-state index in [-0.39, 0.29) is 36.5 Å². The number of benzene rings is 2. The van der Waals surface area contributed by atoms with Crippen LogP contribution >= 0.6 is 0 Å². The van der Waals surface area contributed by atoms with Gasteiger partial charge in [-0.25, -0.2) is 4.98 Å². The first kappa shape index (κ1) is 29.7. The molecule has 40 heavy (non-hydrogen) atoms. The molecule has 0 aliphatic rings. The number of carbonyl (C=O) groups is 2. The van der Waals surface area contributed by atoms with Crippen molar-refractivity contribution >= 4 is 29.2 Å². The van der Waals surface area contributed by atoms with Crippen molar-refractivity contribution in [1.29, 1.82) is 0 Å². The summed E-state index contributed by atoms with van der Waals surface area (Å²) in [5, 5.41) is 17.6. The average Bonchev–Trinajstić information content (AvgIpc) is 2.88. The van der Waals surface area contributed by atoms with Crippen molar-refractivity contribution in [2.24, 2.45) is 16.3 Å². The van der Waals surface area contributed by atoms with Gasteiger partial charge in [0.15, 0.2) is 11.7 Å². The number of nitrogens with zero attached hydrogens (tertiary/aromatic N) is 3. The number of nitrogens with one attached hydrogen (secondary N) is 2. The molecule has 1 aromatic heterocycles. The summed E-state index contributed by atoms with van der Waals surface area (Å²) < 4.78 is 6.81. The second-order valence-corrected chi connectivity index (χ2v) is 10.6. The van der Waals surface area contributed by atoms with Gasteiger partial charge in [0.05, 0.1) is 17.3 Å². The van der Waals surface area contributed by atoms with Crippen LogP contribution < -0.4 is 32.4 Å². The van der Waals surface area contributed by atoms with E-state index in [1.54, 1.807) is 57.2 Å². The lowest BCUT2D eigenvalue weighted by molar-refractivity contribution is -0.143. The van der Waals surface area contributed by atoms with Crippen LogP contribution in [0, 0.1) is 5.41 Å². The minimum Gasteiger partial charge on any atom is -0.426 e. The summed E-state index contributed by atoms with van der Waals surface area (Å²) in [6, 6.07) is 11.4. The van der Waals surface area contributed by atoms with Crippen molar-refractivity contribution in [3.05, 3.63) is 70.1 Å². The summed E-state index contributed by atoms with van der Waals surface area (Å²) in [5.41, 5.74) is 12.8. The van der Waals surface area contributed by atoms with Crippen LogP contribution in [0.25, 0.3) is 11.3 Å². The lowest BCUT2D eigenvalue weighted by atomic mass is 9.97. The summed E-state index contributed by atoms with van der Waals surface area (Å²) >= 11 is 0. The monoisotopic (exact) mass is 549 g/mol. The van der Waals surface area contributed by atoms with Crippen molar-refractivity contribution in [1.82, 2.24) is 14.9 Å². The lowest BCUT2D eigenvalue weighted by Crippen LogP contribution is -2.35. The molecular formula is C28H35N7O5. The van der Waals surface area contributed by atoms with Gasteiger partial charge in [0, 0.05) is 35.5 Å². The lowest BCUT2D eigenvalue weighted by Gasteiger charge is -2.18. The summed E-state index contributed by atoms with van der Waals surface area (Å²) in [6.07, 6.45) is 1.47. The predicted molar refractivity (Wildman–Crippen MR) is 153 cm³/mol. The van der Waals surface area contributed by atoms with Crippen LogP contribution in [0.5, 0.6) is 5.75 Å². The molecule has 3 rings (SSSR count). The molecule has 7 N–H and O–H groups in total. The van der Waals surface area contributed by atoms with Gasteiger partial charge in [-0.3, -0.25) is 19.0 Å². The van der Waals surface area contributed by atoms with E-state index in [1.165, 1.54) is 16.8 Å². The van der Waals surface area contributed by atoms with Crippen LogP contribution in [0.3, 0.4) is 0 Å². The molecular weight excluding hydrogens is 514 g/mol. The van der Waals surface area contributed by atoms with Crippen molar-refractivity contribution < 1.29 is 19.5 Å². The Kier molecular flexibility index (Phi) is 9.15. The molecule has 0 fully saturated rings. The van der Waals surface area contributed by atoms with Gasteiger partial charge in [-0.2, -0.15) is 0 Å². The minimum atomic E-state index is -0.740. The molecule has 0 spiro atoms. The van der Waals surface area contributed by atoms with E-state index < -0.39 is 22.9 Å². The molecule has 0 unspecified atom stereocenters. The summed E-state index contributed by atoms with van der Waals surface area (Å²) in [6.45, 7) is 8.81. The third-order valence-corrected chi connectivity index (χ3v) is 5.68. The maximum atomic E-state index is 13.4. The number of nitrogens with two attached hydrogens (primary N) is 2. The molecule has 0 bridgehead atoms. The summed E-state index contributed by atoms with van der Waals surface area (Å²) in [4.78, 5) is 43.1. The maximum Gasteiger partial charge on any atom is 0.316 e. The number of esters is 1.